The number of fused-ring (bicyclic) bond motifs is 1. The van der Waals surface area contributed by atoms with Gasteiger partial charge in [0, 0.05) is 5.39 Å². The first-order valence-electron chi connectivity index (χ1n) is 7.73. The second kappa shape index (κ2) is 7.03. The average Bonchev–Trinajstić information content (AvgIpc) is 2.91. The lowest BCUT2D eigenvalue weighted by Crippen LogP contribution is -2.41. The highest BCUT2D eigenvalue weighted by atomic mass is 35.6. The molecule has 4 nitrogen and oxygen atoms in total. The highest BCUT2D eigenvalue weighted by molar-refractivity contribution is 6.68. The van der Waals surface area contributed by atoms with Crippen LogP contribution in [0.5, 0.6) is 5.95 Å². The zero-order chi connectivity index (χ0) is 18.9. The molecule has 0 aliphatic carbocycles. The number of para-hydroxylation sites is 1. The van der Waals surface area contributed by atoms with Crippen molar-refractivity contribution in [1.29, 1.82) is 0 Å². The fourth-order valence-electron chi connectivity index (χ4n) is 2.34. The van der Waals surface area contributed by atoms with Gasteiger partial charge in [0.2, 0.25) is 3.79 Å². The lowest BCUT2D eigenvalue weighted by atomic mass is 10.0. The first-order chi connectivity index (χ1) is 12.2. The number of carbonyl (C=O) groups is 1. The largest absolute Gasteiger partial charge is 0.517 e. The second-order valence-electron chi connectivity index (χ2n) is 6.09. The Morgan fingerprint density at radius 3 is 2.23 bits per heavy atom. The van der Waals surface area contributed by atoms with Crippen LogP contribution in [0.15, 0.2) is 59.0 Å². The maximum atomic E-state index is 12.3. The molecule has 0 unspecified atom stereocenters. The molecule has 1 aromatic heterocycles. The Labute approximate surface area is 165 Å². The summed E-state index contributed by atoms with van der Waals surface area (Å²) in [6.45, 7) is 2.94. The molecule has 0 fully saturated rings. The molecule has 26 heavy (non-hydrogen) atoms. The monoisotopic (exact) mass is 412 g/mol. The summed E-state index contributed by atoms with van der Waals surface area (Å²) in [4.78, 5) is 12.3. The van der Waals surface area contributed by atoms with E-state index < -0.39 is 15.5 Å². The van der Waals surface area contributed by atoms with Crippen molar-refractivity contribution in [3.05, 3.63) is 54.6 Å². The fourth-order valence-corrected chi connectivity index (χ4v) is 2.45. The third-order valence-electron chi connectivity index (χ3n) is 3.82. The summed E-state index contributed by atoms with van der Waals surface area (Å²) in [7, 11) is 0. The predicted octanol–water partition coefficient (Wildman–Crippen LogP) is 6.76. The number of halogens is 3. The molecule has 0 radical (unpaired) electrons. The quantitative estimate of drug-likeness (QED) is 0.351. The van der Waals surface area contributed by atoms with Crippen molar-refractivity contribution in [2.75, 3.05) is 0 Å². The number of hydrogen-bond acceptors (Lipinski definition) is 4. The Kier molecular flexibility index (Phi) is 5.11. The zero-order valence-corrected chi connectivity index (χ0v) is 16.2. The molecule has 3 rings (SSSR count). The first kappa shape index (κ1) is 18.9. The van der Waals surface area contributed by atoms with Gasteiger partial charge in [-0.3, -0.25) is 0 Å². The fraction of sp³-hybridized carbons (Fsp3) is 0.211. The standard InChI is InChI=1S/C19H15Cl3O4/c1-18(2,19(20,21)22)26-17(23)25-16-15(12-8-4-3-5-9-12)13-10-6-7-11-14(13)24-16/h3-11H,1-2H3. The van der Waals surface area contributed by atoms with Crippen LogP contribution in [0.4, 0.5) is 4.79 Å². The smallest absolute Gasteiger partial charge is 0.425 e. The van der Waals surface area contributed by atoms with Crippen LogP contribution in [-0.2, 0) is 4.74 Å². The zero-order valence-electron chi connectivity index (χ0n) is 14.0. The Bertz CT molecular complexity index is 927. The normalized spacial score (nSPS) is 12.2. The van der Waals surface area contributed by atoms with Crippen molar-refractivity contribution in [1.82, 2.24) is 0 Å². The molecule has 0 atom stereocenters. The topological polar surface area (TPSA) is 48.7 Å². The Morgan fingerprint density at radius 2 is 1.58 bits per heavy atom. The van der Waals surface area contributed by atoms with Crippen molar-refractivity contribution in [3.8, 4) is 17.1 Å². The van der Waals surface area contributed by atoms with Crippen molar-refractivity contribution >= 4 is 51.9 Å². The van der Waals surface area contributed by atoms with Crippen LogP contribution in [0.25, 0.3) is 22.1 Å². The molecule has 0 bridgehead atoms. The molecular formula is C19H15Cl3O4. The van der Waals surface area contributed by atoms with Gasteiger partial charge in [-0.1, -0.05) is 83.3 Å². The number of furan rings is 1. The molecule has 2 aromatic carbocycles. The Hall–Kier alpha value is -1.88. The number of carbonyl (C=O) groups excluding carboxylic acids is 1. The SMILES string of the molecule is CC(C)(OC(=O)Oc1oc2ccccc2c1-c1ccccc1)C(Cl)(Cl)Cl. The van der Waals surface area contributed by atoms with E-state index in [1.165, 1.54) is 13.8 Å². The molecule has 1 heterocycles. The highest BCUT2D eigenvalue weighted by Crippen LogP contribution is 2.42. The maximum Gasteiger partial charge on any atom is 0.517 e. The molecule has 0 aliphatic rings. The molecule has 0 spiro atoms. The minimum atomic E-state index is -1.82. The van der Waals surface area contributed by atoms with E-state index in [0.29, 0.717) is 11.1 Å². The highest BCUT2D eigenvalue weighted by Gasteiger charge is 2.45. The van der Waals surface area contributed by atoms with Crippen LogP contribution in [0.2, 0.25) is 0 Å². The van der Waals surface area contributed by atoms with E-state index in [4.69, 9.17) is 48.7 Å². The maximum absolute atomic E-state index is 12.3. The van der Waals surface area contributed by atoms with Gasteiger partial charge in [0.15, 0.2) is 5.60 Å². The lowest BCUT2D eigenvalue weighted by Gasteiger charge is -2.30. The third kappa shape index (κ3) is 3.78. The van der Waals surface area contributed by atoms with E-state index in [9.17, 15) is 4.79 Å². The summed E-state index contributed by atoms with van der Waals surface area (Å²) in [6, 6.07) is 16.8. The number of benzene rings is 2. The van der Waals surface area contributed by atoms with Crippen LogP contribution in [-0.4, -0.2) is 15.5 Å². The average molecular weight is 414 g/mol. The lowest BCUT2D eigenvalue weighted by molar-refractivity contribution is 0.00766. The summed E-state index contributed by atoms with van der Waals surface area (Å²) in [6.07, 6.45) is -1.03. The molecule has 136 valence electrons. The van der Waals surface area contributed by atoms with Crippen molar-refractivity contribution in [2.45, 2.75) is 23.2 Å². The molecule has 3 aromatic rings. The summed E-state index contributed by atoms with van der Waals surface area (Å²) in [5.41, 5.74) is 0.661. The molecule has 0 aliphatic heterocycles. The van der Waals surface area contributed by atoms with Gasteiger partial charge in [0.25, 0.3) is 0 Å². The van der Waals surface area contributed by atoms with Gasteiger partial charge in [-0.25, -0.2) is 4.79 Å². The second-order valence-corrected chi connectivity index (χ2v) is 8.37. The van der Waals surface area contributed by atoms with Gasteiger partial charge < -0.3 is 13.9 Å². The minimum absolute atomic E-state index is 0.0162. The Morgan fingerprint density at radius 1 is 0.962 bits per heavy atom. The number of rotatable bonds is 3. The van der Waals surface area contributed by atoms with Crippen LogP contribution in [0.1, 0.15) is 13.8 Å². The molecule has 0 N–H and O–H groups in total. The Balaban J connectivity index is 1.97. The number of ether oxygens (including phenoxy) is 2. The molecule has 0 amide bonds. The van der Waals surface area contributed by atoms with Crippen LogP contribution >= 0.6 is 34.8 Å². The van der Waals surface area contributed by atoms with E-state index in [-0.39, 0.29) is 5.95 Å². The third-order valence-corrected chi connectivity index (χ3v) is 5.19. The van der Waals surface area contributed by atoms with E-state index >= 15 is 0 Å². The van der Waals surface area contributed by atoms with Crippen molar-refractivity contribution < 1.29 is 18.7 Å². The van der Waals surface area contributed by atoms with Gasteiger partial charge in [0.1, 0.15) is 5.58 Å². The molecule has 7 heteroatoms. The first-order valence-corrected chi connectivity index (χ1v) is 8.87. The van der Waals surface area contributed by atoms with Crippen molar-refractivity contribution in [2.24, 2.45) is 0 Å². The van der Waals surface area contributed by atoms with E-state index in [0.717, 1.165) is 10.9 Å². The minimum Gasteiger partial charge on any atom is -0.425 e. The van der Waals surface area contributed by atoms with E-state index in [1.807, 2.05) is 48.5 Å². The number of hydrogen-bond donors (Lipinski definition) is 0. The molecule has 0 saturated carbocycles. The number of alkyl halides is 3. The molecular weight excluding hydrogens is 399 g/mol. The van der Waals surface area contributed by atoms with Crippen LogP contribution in [0.3, 0.4) is 0 Å². The van der Waals surface area contributed by atoms with Gasteiger partial charge in [-0.05, 0) is 25.5 Å². The van der Waals surface area contributed by atoms with Crippen molar-refractivity contribution in [3.63, 3.8) is 0 Å². The van der Waals surface area contributed by atoms with Crippen LogP contribution < -0.4 is 4.74 Å². The van der Waals surface area contributed by atoms with E-state index in [1.54, 1.807) is 6.07 Å². The van der Waals surface area contributed by atoms with Crippen LogP contribution in [0, 0.1) is 0 Å². The summed E-state index contributed by atoms with van der Waals surface area (Å²) >= 11 is 17.5. The molecule has 0 saturated heterocycles. The van der Waals surface area contributed by atoms with Gasteiger partial charge in [-0.2, -0.15) is 0 Å². The van der Waals surface area contributed by atoms with Gasteiger partial charge in [0.05, 0.1) is 5.56 Å². The summed E-state index contributed by atoms with van der Waals surface area (Å²) in [5, 5.41) is 0.808. The van der Waals surface area contributed by atoms with E-state index in [2.05, 4.69) is 0 Å². The van der Waals surface area contributed by atoms with Gasteiger partial charge >= 0.3 is 12.1 Å². The summed E-state index contributed by atoms with van der Waals surface area (Å²) < 4.78 is 14.4. The summed E-state index contributed by atoms with van der Waals surface area (Å²) in [5.74, 6) is 0.0162. The van der Waals surface area contributed by atoms with Gasteiger partial charge in [-0.15, -0.1) is 0 Å². The predicted molar refractivity (Wildman–Crippen MR) is 103 cm³/mol.